The van der Waals surface area contributed by atoms with E-state index in [2.05, 4.69) is 41.4 Å². The fourth-order valence-electron chi connectivity index (χ4n) is 2.15. The Morgan fingerprint density at radius 3 is 2.84 bits per heavy atom. The van der Waals surface area contributed by atoms with Gasteiger partial charge in [0, 0.05) is 35.2 Å². The quantitative estimate of drug-likeness (QED) is 0.618. The van der Waals surface area contributed by atoms with Gasteiger partial charge in [-0.2, -0.15) is 0 Å². The third-order valence-electron chi connectivity index (χ3n) is 3.28. The SMILES string of the molecule is CCn1c(SCC(=O)Nc2ccc(Br)cn2)nnc1-c1cccnc1. The van der Waals surface area contributed by atoms with Crippen molar-refractivity contribution in [2.45, 2.75) is 18.6 Å². The number of rotatable bonds is 6. The molecule has 0 radical (unpaired) electrons. The molecule has 1 N–H and O–H groups in total. The van der Waals surface area contributed by atoms with Gasteiger partial charge in [-0.15, -0.1) is 10.2 Å². The zero-order valence-electron chi connectivity index (χ0n) is 13.4. The Morgan fingerprint density at radius 1 is 1.28 bits per heavy atom. The van der Waals surface area contributed by atoms with E-state index < -0.39 is 0 Å². The molecule has 128 valence electrons. The Bertz CT molecular complexity index is 853. The topological polar surface area (TPSA) is 85.6 Å². The maximum Gasteiger partial charge on any atom is 0.236 e. The van der Waals surface area contributed by atoms with E-state index in [1.54, 1.807) is 24.7 Å². The number of nitrogens with zero attached hydrogens (tertiary/aromatic N) is 5. The second-order valence-electron chi connectivity index (χ2n) is 4.99. The summed E-state index contributed by atoms with van der Waals surface area (Å²) in [6.07, 6.45) is 5.10. The summed E-state index contributed by atoms with van der Waals surface area (Å²) in [5.74, 6) is 1.34. The standard InChI is InChI=1S/C16H15BrN6OS/c1-2-23-15(11-4-3-7-18-8-11)21-22-16(23)25-10-14(24)20-13-6-5-12(17)9-19-13/h3-9H,2,10H2,1H3,(H,19,20,24). The first-order valence-corrected chi connectivity index (χ1v) is 9.33. The molecule has 0 aromatic carbocycles. The Balaban J connectivity index is 1.66. The average Bonchev–Trinajstić information content (AvgIpc) is 3.05. The molecule has 0 aliphatic carbocycles. The number of carbonyl (C=O) groups is 1. The fourth-order valence-corrected chi connectivity index (χ4v) is 3.18. The van der Waals surface area contributed by atoms with E-state index in [4.69, 9.17) is 0 Å². The third-order valence-corrected chi connectivity index (χ3v) is 4.72. The maximum absolute atomic E-state index is 12.1. The second kappa shape index (κ2) is 8.21. The molecule has 0 spiro atoms. The predicted molar refractivity (Wildman–Crippen MR) is 100 cm³/mol. The summed E-state index contributed by atoms with van der Waals surface area (Å²) >= 11 is 4.65. The number of nitrogens with one attached hydrogen (secondary N) is 1. The van der Waals surface area contributed by atoms with Gasteiger partial charge in [-0.25, -0.2) is 4.98 Å². The van der Waals surface area contributed by atoms with Gasteiger partial charge in [-0.05, 0) is 47.1 Å². The average molecular weight is 419 g/mol. The molecule has 0 atom stereocenters. The van der Waals surface area contributed by atoms with Gasteiger partial charge < -0.3 is 9.88 Å². The van der Waals surface area contributed by atoms with Gasteiger partial charge in [-0.3, -0.25) is 9.78 Å². The first kappa shape index (κ1) is 17.6. The summed E-state index contributed by atoms with van der Waals surface area (Å²) < 4.78 is 2.83. The van der Waals surface area contributed by atoms with E-state index in [1.807, 2.05) is 29.7 Å². The van der Waals surface area contributed by atoms with E-state index in [-0.39, 0.29) is 11.7 Å². The number of aromatic nitrogens is 5. The van der Waals surface area contributed by atoms with Gasteiger partial charge in [0.05, 0.1) is 5.75 Å². The monoisotopic (exact) mass is 418 g/mol. The number of hydrogen-bond acceptors (Lipinski definition) is 6. The van der Waals surface area contributed by atoms with Crippen LogP contribution in [0, 0.1) is 0 Å². The highest BCUT2D eigenvalue weighted by Gasteiger charge is 2.14. The van der Waals surface area contributed by atoms with Crippen LogP contribution in [-0.4, -0.2) is 36.4 Å². The molecule has 1 amide bonds. The smallest absolute Gasteiger partial charge is 0.236 e. The molecule has 25 heavy (non-hydrogen) atoms. The molecule has 3 aromatic rings. The molecule has 3 aromatic heterocycles. The maximum atomic E-state index is 12.1. The van der Waals surface area contributed by atoms with E-state index in [1.165, 1.54) is 11.8 Å². The minimum Gasteiger partial charge on any atom is -0.310 e. The summed E-state index contributed by atoms with van der Waals surface area (Å²) in [4.78, 5) is 20.3. The van der Waals surface area contributed by atoms with Crippen molar-refractivity contribution in [2.75, 3.05) is 11.1 Å². The van der Waals surface area contributed by atoms with Crippen LogP contribution in [0.15, 0.2) is 52.5 Å². The van der Waals surface area contributed by atoms with Gasteiger partial charge in [0.15, 0.2) is 11.0 Å². The summed E-state index contributed by atoms with van der Waals surface area (Å²) in [5, 5.41) is 11.9. The Labute approximate surface area is 157 Å². The molecular formula is C16H15BrN6OS. The number of anilines is 1. The number of amides is 1. The first-order valence-electron chi connectivity index (χ1n) is 7.55. The fraction of sp³-hybridized carbons (Fsp3) is 0.188. The zero-order valence-corrected chi connectivity index (χ0v) is 15.8. The molecule has 7 nitrogen and oxygen atoms in total. The largest absolute Gasteiger partial charge is 0.310 e. The van der Waals surface area contributed by atoms with Crippen LogP contribution in [0.4, 0.5) is 5.82 Å². The van der Waals surface area contributed by atoms with Crippen LogP contribution in [0.25, 0.3) is 11.4 Å². The highest BCUT2D eigenvalue weighted by atomic mass is 79.9. The molecule has 0 fully saturated rings. The lowest BCUT2D eigenvalue weighted by Gasteiger charge is -2.07. The molecular weight excluding hydrogens is 404 g/mol. The molecule has 9 heteroatoms. The summed E-state index contributed by atoms with van der Waals surface area (Å²) in [6.45, 7) is 2.72. The lowest BCUT2D eigenvalue weighted by Crippen LogP contribution is -2.15. The highest BCUT2D eigenvalue weighted by molar-refractivity contribution is 9.10. The molecule has 3 heterocycles. The van der Waals surface area contributed by atoms with Crippen molar-refractivity contribution in [2.24, 2.45) is 0 Å². The first-order chi connectivity index (χ1) is 12.2. The Kier molecular flexibility index (Phi) is 5.77. The molecule has 3 rings (SSSR count). The van der Waals surface area contributed by atoms with Crippen LogP contribution in [0.5, 0.6) is 0 Å². The molecule has 0 saturated carbocycles. The normalized spacial score (nSPS) is 10.6. The molecule has 0 aliphatic heterocycles. The molecule has 0 unspecified atom stereocenters. The number of carbonyl (C=O) groups excluding carboxylic acids is 1. The van der Waals surface area contributed by atoms with E-state index in [9.17, 15) is 4.79 Å². The van der Waals surface area contributed by atoms with Crippen molar-refractivity contribution in [3.05, 3.63) is 47.3 Å². The predicted octanol–water partition coefficient (Wildman–Crippen LogP) is 3.25. The van der Waals surface area contributed by atoms with Crippen molar-refractivity contribution >= 4 is 39.4 Å². The van der Waals surface area contributed by atoms with Crippen LogP contribution >= 0.6 is 27.7 Å². The van der Waals surface area contributed by atoms with E-state index in [0.29, 0.717) is 17.5 Å². The van der Waals surface area contributed by atoms with Crippen molar-refractivity contribution in [3.8, 4) is 11.4 Å². The van der Waals surface area contributed by atoms with Crippen LogP contribution < -0.4 is 5.32 Å². The van der Waals surface area contributed by atoms with Crippen molar-refractivity contribution in [1.82, 2.24) is 24.7 Å². The second-order valence-corrected chi connectivity index (χ2v) is 6.85. The lowest BCUT2D eigenvalue weighted by molar-refractivity contribution is -0.113. The minimum absolute atomic E-state index is 0.145. The lowest BCUT2D eigenvalue weighted by atomic mass is 10.3. The zero-order chi connectivity index (χ0) is 17.6. The van der Waals surface area contributed by atoms with Gasteiger partial charge in [0.2, 0.25) is 5.91 Å². The number of hydrogen-bond donors (Lipinski definition) is 1. The number of thioether (sulfide) groups is 1. The third kappa shape index (κ3) is 4.43. The minimum atomic E-state index is -0.145. The highest BCUT2D eigenvalue weighted by Crippen LogP contribution is 2.23. The van der Waals surface area contributed by atoms with Gasteiger partial charge in [0.25, 0.3) is 0 Å². The molecule has 0 saturated heterocycles. The summed E-state index contributed by atoms with van der Waals surface area (Å²) in [7, 11) is 0. The molecule has 0 bridgehead atoms. The Hall–Kier alpha value is -2.26. The molecule has 0 aliphatic rings. The van der Waals surface area contributed by atoms with Crippen LogP contribution in [0.2, 0.25) is 0 Å². The van der Waals surface area contributed by atoms with Crippen molar-refractivity contribution in [1.29, 1.82) is 0 Å². The van der Waals surface area contributed by atoms with Gasteiger partial charge in [0.1, 0.15) is 5.82 Å². The van der Waals surface area contributed by atoms with Crippen LogP contribution in [0.1, 0.15) is 6.92 Å². The van der Waals surface area contributed by atoms with Crippen LogP contribution in [-0.2, 0) is 11.3 Å². The van der Waals surface area contributed by atoms with Gasteiger partial charge >= 0.3 is 0 Å². The van der Waals surface area contributed by atoms with E-state index in [0.717, 1.165) is 15.9 Å². The number of halogens is 1. The van der Waals surface area contributed by atoms with Crippen LogP contribution in [0.3, 0.4) is 0 Å². The summed E-state index contributed by atoms with van der Waals surface area (Å²) in [5.41, 5.74) is 0.896. The van der Waals surface area contributed by atoms with Gasteiger partial charge in [-0.1, -0.05) is 11.8 Å². The Morgan fingerprint density at radius 2 is 2.16 bits per heavy atom. The van der Waals surface area contributed by atoms with E-state index >= 15 is 0 Å². The summed E-state index contributed by atoms with van der Waals surface area (Å²) in [6, 6.07) is 7.35. The van der Waals surface area contributed by atoms with Crippen molar-refractivity contribution in [3.63, 3.8) is 0 Å². The number of pyridine rings is 2. The van der Waals surface area contributed by atoms with Crippen molar-refractivity contribution < 1.29 is 4.79 Å².